The van der Waals surface area contributed by atoms with Gasteiger partial charge in [-0.3, -0.25) is 0 Å². The van der Waals surface area contributed by atoms with Crippen LogP contribution >= 0.6 is 11.3 Å². The molecule has 1 aromatic rings. The van der Waals surface area contributed by atoms with Gasteiger partial charge in [0, 0.05) is 11.8 Å². The largest absolute Gasteiger partial charge is 0.389 e. The van der Waals surface area contributed by atoms with Gasteiger partial charge in [-0.1, -0.05) is 13.3 Å². The van der Waals surface area contributed by atoms with Gasteiger partial charge in [0.25, 0.3) is 0 Å². The molecule has 2 nitrogen and oxygen atoms in total. The van der Waals surface area contributed by atoms with Gasteiger partial charge in [0.1, 0.15) is 0 Å². The van der Waals surface area contributed by atoms with Crippen LogP contribution in [-0.2, 0) is 6.42 Å². The molecule has 1 saturated carbocycles. The Labute approximate surface area is 95.4 Å². The molecule has 2 unspecified atom stereocenters. The van der Waals surface area contributed by atoms with E-state index in [2.05, 4.69) is 17.3 Å². The maximum Gasteiger partial charge on any atom is 0.0897 e. The maximum atomic E-state index is 10.4. The molecule has 2 rings (SSSR count). The van der Waals surface area contributed by atoms with Gasteiger partial charge in [-0.2, -0.15) is 0 Å². The zero-order valence-electron chi connectivity index (χ0n) is 9.49. The standard InChI is InChI=1S/C12H19NOS/c1-3-10-4-5-12(14,6-10)7-11-8-15-9(2)13-11/h8,10,14H,3-7H2,1-2H3. The van der Waals surface area contributed by atoms with Crippen LogP contribution in [0.1, 0.15) is 43.3 Å². The van der Waals surface area contributed by atoms with Crippen molar-refractivity contribution < 1.29 is 5.11 Å². The molecule has 3 heteroatoms. The minimum atomic E-state index is -0.471. The first kappa shape index (κ1) is 11.1. The minimum Gasteiger partial charge on any atom is -0.389 e. The highest BCUT2D eigenvalue weighted by atomic mass is 32.1. The summed E-state index contributed by atoms with van der Waals surface area (Å²) in [6.45, 7) is 4.23. The number of rotatable bonds is 3. The molecule has 84 valence electrons. The lowest BCUT2D eigenvalue weighted by Crippen LogP contribution is -2.28. The fourth-order valence-electron chi connectivity index (χ4n) is 2.55. The normalized spacial score (nSPS) is 31.0. The first-order valence-electron chi connectivity index (χ1n) is 5.75. The fraction of sp³-hybridized carbons (Fsp3) is 0.750. The highest BCUT2D eigenvalue weighted by Crippen LogP contribution is 2.38. The molecule has 2 atom stereocenters. The second-order valence-electron chi connectivity index (χ2n) is 4.78. The molecule has 0 radical (unpaired) electrons. The average Bonchev–Trinajstić information content (AvgIpc) is 2.74. The minimum absolute atomic E-state index is 0.471. The van der Waals surface area contributed by atoms with Crippen LogP contribution in [0.15, 0.2) is 5.38 Å². The van der Waals surface area contributed by atoms with Crippen molar-refractivity contribution in [2.75, 3.05) is 0 Å². The number of hydrogen-bond acceptors (Lipinski definition) is 3. The van der Waals surface area contributed by atoms with Gasteiger partial charge in [-0.15, -0.1) is 11.3 Å². The molecule has 0 bridgehead atoms. The molecule has 1 aromatic heterocycles. The van der Waals surface area contributed by atoms with Crippen LogP contribution in [0.5, 0.6) is 0 Å². The third-order valence-electron chi connectivity index (χ3n) is 3.44. The molecule has 0 aliphatic heterocycles. The summed E-state index contributed by atoms with van der Waals surface area (Å²) in [7, 11) is 0. The lowest BCUT2D eigenvalue weighted by molar-refractivity contribution is 0.0428. The molecule has 1 aliphatic carbocycles. The Bertz CT molecular complexity index is 336. The summed E-state index contributed by atoms with van der Waals surface area (Å²) >= 11 is 1.67. The Hall–Kier alpha value is -0.410. The SMILES string of the molecule is CCC1CCC(O)(Cc2csc(C)n2)C1. The Kier molecular flexibility index (Phi) is 3.12. The summed E-state index contributed by atoms with van der Waals surface area (Å²) in [5.41, 5.74) is 0.595. The van der Waals surface area contributed by atoms with Gasteiger partial charge < -0.3 is 5.11 Å². The topological polar surface area (TPSA) is 33.1 Å². The molecule has 0 amide bonds. The first-order valence-corrected chi connectivity index (χ1v) is 6.63. The van der Waals surface area contributed by atoms with E-state index in [4.69, 9.17) is 0 Å². The van der Waals surface area contributed by atoms with Gasteiger partial charge in [-0.25, -0.2) is 4.98 Å². The molecular weight excluding hydrogens is 206 g/mol. The molecular formula is C12H19NOS. The number of aliphatic hydroxyl groups is 1. The fourth-order valence-corrected chi connectivity index (χ4v) is 3.16. The number of aromatic nitrogens is 1. The summed E-state index contributed by atoms with van der Waals surface area (Å²) in [5, 5.41) is 13.6. The van der Waals surface area contributed by atoms with Crippen LogP contribution in [0.4, 0.5) is 0 Å². The maximum absolute atomic E-state index is 10.4. The van der Waals surface area contributed by atoms with Gasteiger partial charge in [-0.05, 0) is 32.1 Å². The van der Waals surface area contributed by atoms with Crippen LogP contribution in [0.2, 0.25) is 0 Å². The molecule has 1 fully saturated rings. The van der Waals surface area contributed by atoms with Gasteiger partial charge in [0.2, 0.25) is 0 Å². The number of hydrogen-bond donors (Lipinski definition) is 1. The van der Waals surface area contributed by atoms with Crippen molar-refractivity contribution in [2.45, 2.75) is 51.6 Å². The summed E-state index contributed by atoms with van der Waals surface area (Å²) in [4.78, 5) is 4.43. The van der Waals surface area contributed by atoms with E-state index in [9.17, 15) is 5.11 Å². The highest BCUT2D eigenvalue weighted by Gasteiger charge is 2.36. The van der Waals surface area contributed by atoms with Crippen molar-refractivity contribution in [2.24, 2.45) is 5.92 Å². The zero-order chi connectivity index (χ0) is 10.9. The van der Waals surface area contributed by atoms with Crippen molar-refractivity contribution in [3.63, 3.8) is 0 Å². The quantitative estimate of drug-likeness (QED) is 0.858. The van der Waals surface area contributed by atoms with E-state index in [0.717, 1.165) is 35.9 Å². The Morgan fingerprint density at radius 2 is 2.47 bits per heavy atom. The van der Waals surface area contributed by atoms with Crippen molar-refractivity contribution in [3.8, 4) is 0 Å². The van der Waals surface area contributed by atoms with Crippen LogP contribution < -0.4 is 0 Å². The summed E-state index contributed by atoms with van der Waals surface area (Å²) < 4.78 is 0. The lowest BCUT2D eigenvalue weighted by Gasteiger charge is -2.21. The van der Waals surface area contributed by atoms with Gasteiger partial charge >= 0.3 is 0 Å². The predicted octanol–water partition coefficient (Wildman–Crippen LogP) is 2.94. The lowest BCUT2D eigenvalue weighted by atomic mass is 9.94. The second kappa shape index (κ2) is 4.22. The number of aryl methyl sites for hydroxylation is 1. The van der Waals surface area contributed by atoms with Crippen LogP contribution in [0, 0.1) is 12.8 Å². The summed E-state index contributed by atoms with van der Waals surface area (Å²) in [6.07, 6.45) is 5.02. The van der Waals surface area contributed by atoms with E-state index in [-0.39, 0.29) is 0 Å². The molecule has 1 aliphatic rings. The predicted molar refractivity (Wildman–Crippen MR) is 63.1 cm³/mol. The van der Waals surface area contributed by atoms with Crippen molar-refractivity contribution in [1.82, 2.24) is 4.98 Å². The van der Waals surface area contributed by atoms with E-state index in [1.807, 2.05) is 6.92 Å². The van der Waals surface area contributed by atoms with Crippen molar-refractivity contribution in [1.29, 1.82) is 0 Å². The van der Waals surface area contributed by atoms with Crippen LogP contribution in [0.3, 0.4) is 0 Å². The molecule has 0 saturated heterocycles. The highest BCUT2D eigenvalue weighted by molar-refractivity contribution is 7.09. The van der Waals surface area contributed by atoms with Gasteiger partial charge in [0.05, 0.1) is 16.3 Å². The smallest absolute Gasteiger partial charge is 0.0897 e. The molecule has 1 heterocycles. The van der Waals surface area contributed by atoms with Crippen LogP contribution in [0.25, 0.3) is 0 Å². The average molecular weight is 225 g/mol. The summed E-state index contributed by atoms with van der Waals surface area (Å²) in [5.74, 6) is 0.717. The Balaban J connectivity index is 2.00. The molecule has 1 N–H and O–H groups in total. The van der Waals surface area contributed by atoms with E-state index >= 15 is 0 Å². The Morgan fingerprint density at radius 3 is 3.00 bits per heavy atom. The van der Waals surface area contributed by atoms with E-state index in [1.165, 1.54) is 12.8 Å². The first-order chi connectivity index (χ1) is 7.11. The third kappa shape index (κ3) is 2.58. The summed E-state index contributed by atoms with van der Waals surface area (Å²) in [6, 6.07) is 0. The molecule has 0 spiro atoms. The monoisotopic (exact) mass is 225 g/mol. The van der Waals surface area contributed by atoms with Crippen molar-refractivity contribution >= 4 is 11.3 Å². The third-order valence-corrected chi connectivity index (χ3v) is 4.26. The molecule has 0 aromatic carbocycles. The van der Waals surface area contributed by atoms with E-state index < -0.39 is 5.60 Å². The van der Waals surface area contributed by atoms with E-state index in [0.29, 0.717) is 0 Å². The zero-order valence-corrected chi connectivity index (χ0v) is 10.3. The second-order valence-corrected chi connectivity index (χ2v) is 5.84. The van der Waals surface area contributed by atoms with E-state index in [1.54, 1.807) is 11.3 Å². The molecule has 15 heavy (non-hydrogen) atoms. The van der Waals surface area contributed by atoms with Crippen molar-refractivity contribution in [3.05, 3.63) is 16.1 Å². The van der Waals surface area contributed by atoms with Gasteiger partial charge in [0.15, 0.2) is 0 Å². The Morgan fingerprint density at radius 1 is 1.67 bits per heavy atom. The van der Waals surface area contributed by atoms with Crippen LogP contribution in [-0.4, -0.2) is 15.7 Å². The number of thiazole rings is 1. The number of nitrogens with zero attached hydrogens (tertiary/aromatic N) is 1.